The largest absolute Gasteiger partial charge is 0.394 e. The second-order valence-corrected chi connectivity index (χ2v) is 3.28. The van der Waals surface area contributed by atoms with Crippen LogP contribution >= 0.6 is 0 Å². The van der Waals surface area contributed by atoms with E-state index in [1.165, 1.54) is 0 Å². The summed E-state index contributed by atoms with van der Waals surface area (Å²) in [6.45, 7) is -0.0170. The molecule has 0 spiro atoms. The van der Waals surface area contributed by atoms with Crippen molar-refractivity contribution >= 4 is 5.69 Å². The molecular weight excluding hydrogens is 164 g/mol. The molecule has 0 aliphatic carbocycles. The van der Waals surface area contributed by atoms with Gasteiger partial charge in [-0.2, -0.15) is 0 Å². The number of nitrogens with two attached hydrogens (primary N) is 1. The van der Waals surface area contributed by atoms with Gasteiger partial charge >= 0.3 is 0 Å². The van der Waals surface area contributed by atoms with Gasteiger partial charge in [0, 0.05) is 19.8 Å². The first-order valence-electron chi connectivity index (χ1n) is 4.29. The molecule has 0 bridgehead atoms. The Balaban J connectivity index is 2.91. The summed E-state index contributed by atoms with van der Waals surface area (Å²) < 4.78 is 0. The lowest BCUT2D eigenvalue weighted by Crippen LogP contribution is -2.15. The van der Waals surface area contributed by atoms with Gasteiger partial charge < -0.3 is 15.7 Å². The summed E-state index contributed by atoms with van der Waals surface area (Å²) in [6.07, 6.45) is 0. The van der Waals surface area contributed by atoms with Gasteiger partial charge in [0.1, 0.15) is 0 Å². The molecule has 0 amide bonds. The molecule has 0 heterocycles. The zero-order chi connectivity index (χ0) is 9.84. The summed E-state index contributed by atoms with van der Waals surface area (Å²) in [6, 6.07) is 7.59. The molecule has 0 aliphatic rings. The number of hydrogen-bond acceptors (Lipinski definition) is 3. The number of nitrogens with zero attached hydrogens (tertiary/aromatic N) is 1. The van der Waals surface area contributed by atoms with Crippen LogP contribution in [0.3, 0.4) is 0 Å². The van der Waals surface area contributed by atoms with E-state index in [1.807, 2.05) is 43.3 Å². The van der Waals surface area contributed by atoms with E-state index in [0.717, 1.165) is 11.3 Å². The molecule has 0 fully saturated rings. The van der Waals surface area contributed by atoms with Crippen molar-refractivity contribution in [3.05, 3.63) is 29.8 Å². The summed E-state index contributed by atoms with van der Waals surface area (Å²) in [5.41, 5.74) is 7.76. The number of rotatable bonds is 3. The molecule has 0 radical (unpaired) electrons. The maximum atomic E-state index is 8.88. The monoisotopic (exact) mass is 180 g/mol. The first kappa shape index (κ1) is 10.0. The van der Waals surface area contributed by atoms with Crippen molar-refractivity contribution in [3.63, 3.8) is 0 Å². The Morgan fingerprint density at radius 3 is 2.69 bits per heavy atom. The number of anilines is 1. The lowest BCUT2D eigenvalue weighted by atomic mass is 10.1. The SMILES string of the molecule is CN(C)c1cccc([C@@H](N)CO)c1. The van der Waals surface area contributed by atoms with Crippen LogP contribution in [0.1, 0.15) is 11.6 Å². The van der Waals surface area contributed by atoms with Crippen LogP contribution in [0.4, 0.5) is 5.69 Å². The minimum Gasteiger partial charge on any atom is -0.394 e. The van der Waals surface area contributed by atoms with Crippen molar-refractivity contribution in [2.24, 2.45) is 5.73 Å². The van der Waals surface area contributed by atoms with Crippen LogP contribution in [0.2, 0.25) is 0 Å². The summed E-state index contributed by atoms with van der Waals surface area (Å²) in [4.78, 5) is 2.01. The maximum absolute atomic E-state index is 8.88. The molecule has 0 aromatic heterocycles. The van der Waals surface area contributed by atoms with E-state index in [2.05, 4.69) is 0 Å². The van der Waals surface area contributed by atoms with E-state index < -0.39 is 0 Å². The van der Waals surface area contributed by atoms with Gasteiger partial charge in [0.05, 0.1) is 12.6 Å². The predicted molar refractivity (Wildman–Crippen MR) is 54.8 cm³/mol. The average molecular weight is 180 g/mol. The lowest BCUT2D eigenvalue weighted by molar-refractivity contribution is 0.268. The molecule has 3 heteroatoms. The highest BCUT2D eigenvalue weighted by Gasteiger charge is 2.04. The van der Waals surface area contributed by atoms with E-state index in [0.29, 0.717) is 0 Å². The van der Waals surface area contributed by atoms with Gasteiger partial charge in [0.15, 0.2) is 0 Å². The van der Waals surface area contributed by atoms with Crippen molar-refractivity contribution < 1.29 is 5.11 Å². The van der Waals surface area contributed by atoms with Gasteiger partial charge in [-0.05, 0) is 17.7 Å². The molecule has 1 aromatic carbocycles. The third-order valence-electron chi connectivity index (χ3n) is 2.01. The highest BCUT2D eigenvalue weighted by Crippen LogP contribution is 2.17. The van der Waals surface area contributed by atoms with Crippen molar-refractivity contribution in [1.82, 2.24) is 0 Å². The normalized spacial score (nSPS) is 12.6. The van der Waals surface area contributed by atoms with E-state index in [1.54, 1.807) is 0 Å². The third kappa shape index (κ3) is 2.44. The highest BCUT2D eigenvalue weighted by molar-refractivity contribution is 5.47. The zero-order valence-corrected chi connectivity index (χ0v) is 8.07. The fourth-order valence-corrected chi connectivity index (χ4v) is 1.14. The zero-order valence-electron chi connectivity index (χ0n) is 8.07. The van der Waals surface area contributed by atoms with Gasteiger partial charge in [0.2, 0.25) is 0 Å². The first-order chi connectivity index (χ1) is 6.15. The van der Waals surface area contributed by atoms with Gasteiger partial charge in [-0.15, -0.1) is 0 Å². The fraction of sp³-hybridized carbons (Fsp3) is 0.400. The average Bonchev–Trinajstić information content (AvgIpc) is 2.17. The van der Waals surface area contributed by atoms with Gasteiger partial charge in [-0.1, -0.05) is 12.1 Å². The fourth-order valence-electron chi connectivity index (χ4n) is 1.14. The minimum atomic E-state index is -0.278. The standard InChI is InChI=1S/C10H16N2O/c1-12(2)9-5-3-4-8(6-9)10(11)7-13/h3-6,10,13H,7,11H2,1-2H3/t10-/m0/s1. The molecule has 0 saturated carbocycles. The third-order valence-corrected chi connectivity index (χ3v) is 2.01. The molecule has 0 saturated heterocycles. The minimum absolute atomic E-state index is 0.0170. The van der Waals surface area contributed by atoms with Crippen LogP contribution < -0.4 is 10.6 Å². The molecule has 13 heavy (non-hydrogen) atoms. The molecule has 1 aromatic rings. The van der Waals surface area contributed by atoms with Crippen LogP contribution in [-0.4, -0.2) is 25.8 Å². The molecule has 3 nitrogen and oxygen atoms in total. The second-order valence-electron chi connectivity index (χ2n) is 3.28. The van der Waals surface area contributed by atoms with Crippen molar-refractivity contribution in [2.75, 3.05) is 25.6 Å². The van der Waals surface area contributed by atoms with Crippen LogP contribution in [0.5, 0.6) is 0 Å². The van der Waals surface area contributed by atoms with Crippen LogP contribution in [0, 0.1) is 0 Å². The van der Waals surface area contributed by atoms with E-state index >= 15 is 0 Å². The Morgan fingerprint density at radius 2 is 2.15 bits per heavy atom. The molecule has 3 N–H and O–H groups in total. The smallest absolute Gasteiger partial charge is 0.0624 e. The summed E-state index contributed by atoms with van der Waals surface area (Å²) in [7, 11) is 3.95. The van der Waals surface area contributed by atoms with Crippen LogP contribution in [-0.2, 0) is 0 Å². The van der Waals surface area contributed by atoms with E-state index in [4.69, 9.17) is 10.8 Å². The highest BCUT2D eigenvalue weighted by atomic mass is 16.3. The van der Waals surface area contributed by atoms with Crippen LogP contribution in [0.25, 0.3) is 0 Å². The molecule has 1 atom stereocenters. The van der Waals surface area contributed by atoms with Gasteiger partial charge in [-0.3, -0.25) is 0 Å². The topological polar surface area (TPSA) is 49.5 Å². The Hall–Kier alpha value is -1.06. The molecule has 1 rings (SSSR count). The summed E-state index contributed by atoms with van der Waals surface area (Å²) in [5.74, 6) is 0. The Kier molecular flexibility index (Phi) is 3.28. The number of benzene rings is 1. The van der Waals surface area contributed by atoms with Crippen molar-refractivity contribution in [3.8, 4) is 0 Å². The number of hydrogen-bond donors (Lipinski definition) is 2. The van der Waals surface area contributed by atoms with Crippen molar-refractivity contribution in [2.45, 2.75) is 6.04 Å². The summed E-state index contributed by atoms with van der Waals surface area (Å²) in [5, 5.41) is 8.88. The maximum Gasteiger partial charge on any atom is 0.0624 e. The first-order valence-corrected chi connectivity index (χ1v) is 4.29. The van der Waals surface area contributed by atoms with Crippen molar-refractivity contribution in [1.29, 1.82) is 0 Å². The van der Waals surface area contributed by atoms with Gasteiger partial charge in [-0.25, -0.2) is 0 Å². The Bertz CT molecular complexity index is 273. The number of aliphatic hydroxyl groups excluding tert-OH is 1. The Labute approximate surface area is 78.8 Å². The summed E-state index contributed by atoms with van der Waals surface area (Å²) >= 11 is 0. The Morgan fingerprint density at radius 1 is 1.46 bits per heavy atom. The van der Waals surface area contributed by atoms with Crippen LogP contribution in [0.15, 0.2) is 24.3 Å². The predicted octanol–water partition coefficient (Wildman–Crippen LogP) is 0.745. The lowest BCUT2D eigenvalue weighted by Gasteiger charge is -2.15. The molecule has 0 aliphatic heterocycles. The van der Waals surface area contributed by atoms with E-state index in [-0.39, 0.29) is 12.6 Å². The van der Waals surface area contributed by atoms with E-state index in [9.17, 15) is 0 Å². The number of aliphatic hydroxyl groups is 1. The second kappa shape index (κ2) is 4.25. The molecule has 72 valence electrons. The quantitative estimate of drug-likeness (QED) is 0.721. The van der Waals surface area contributed by atoms with Gasteiger partial charge in [0.25, 0.3) is 0 Å². The molecular formula is C10H16N2O. The molecule has 0 unspecified atom stereocenters.